The molecule has 14 heteroatoms. The third-order valence-electron chi connectivity index (χ3n) is 9.49. The second-order valence-corrected chi connectivity index (χ2v) is 13.1. The molecule has 0 heterocycles. The molecule has 14 nitrogen and oxygen atoms in total. The van der Waals surface area contributed by atoms with Crippen LogP contribution in [0, 0.1) is 5.92 Å². The normalized spacial score (nSPS) is 30.8. The lowest BCUT2D eigenvalue weighted by Crippen LogP contribution is -2.70. The van der Waals surface area contributed by atoms with Crippen molar-refractivity contribution < 1.29 is 68.5 Å². The number of hydrogen-bond donors (Lipinski definition) is 5. The lowest BCUT2D eigenvalue weighted by atomic mass is 9.73. The van der Waals surface area contributed by atoms with E-state index in [0.717, 1.165) is 13.8 Å². The Morgan fingerprint density at radius 3 is 2.17 bits per heavy atom. The lowest BCUT2D eigenvalue weighted by Gasteiger charge is -2.45. The van der Waals surface area contributed by atoms with Crippen LogP contribution in [-0.2, 0) is 42.9 Å². The van der Waals surface area contributed by atoms with Gasteiger partial charge in [-0.3, -0.25) is 14.4 Å². The fraction of sp³-hybridized carbons (Fsp3) is 0.735. The minimum Gasteiger partial charge on any atom is -0.479 e. The van der Waals surface area contributed by atoms with Crippen molar-refractivity contribution in [3.05, 3.63) is 22.8 Å². The summed E-state index contributed by atoms with van der Waals surface area (Å²) in [5, 5.41) is 55.5. The van der Waals surface area contributed by atoms with E-state index in [9.17, 15) is 49.5 Å². The Bertz CT molecular complexity index is 1280. The zero-order valence-electron chi connectivity index (χ0n) is 29.1. The number of unbranched alkanes of at least 4 members (excludes halogenated alkanes) is 1. The van der Waals surface area contributed by atoms with Gasteiger partial charge in [-0.05, 0) is 71.4 Å². The molecule has 0 aliphatic heterocycles. The number of aliphatic hydroxyl groups is 4. The Morgan fingerprint density at radius 1 is 1.04 bits per heavy atom. The Morgan fingerprint density at radius 2 is 1.65 bits per heavy atom. The predicted octanol–water partition coefficient (Wildman–Crippen LogP) is 2.42. The number of allylic oxidation sites excluding steroid dienone is 1. The molecule has 9 atom stereocenters. The number of rotatable bonds is 15. The van der Waals surface area contributed by atoms with Crippen LogP contribution in [0.25, 0.3) is 0 Å². The van der Waals surface area contributed by atoms with Crippen molar-refractivity contribution in [1.29, 1.82) is 0 Å². The van der Waals surface area contributed by atoms with E-state index in [1.54, 1.807) is 13.8 Å². The number of esters is 4. The Labute approximate surface area is 281 Å². The van der Waals surface area contributed by atoms with Crippen LogP contribution < -0.4 is 0 Å². The summed E-state index contributed by atoms with van der Waals surface area (Å²) in [5.41, 5.74) is -8.25. The van der Waals surface area contributed by atoms with Crippen LogP contribution in [-0.4, -0.2) is 103 Å². The first kappa shape index (κ1) is 40.8. The van der Waals surface area contributed by atoms with Gasteiger partial charge < -0.3 is 44.5 Å². The van der Waals surface area contributed by atoms with Gasteiger partial charge in [-0.1, -0.05) is 26.3 Å². The Hall–Kier alpha value is -3.33. The third kappa shape index (κ3) is 8.44. The summed E-state index contributed by atoms with van der Waals surface area (Å²) in [6.45, 7) is 11.2. The van der Waals surface area contributed by atoms with E-state index in [1.807, 2.05) is 6.92 Å². The van der Waals surface area contributed by atoms with E-state index in [2.05, 4.69) is 0 Å². The van der Waals surface area contributed by atoms with E-state index in [0.29, 0.717) is 32.1 Å². The smallest absolute Gasteiger partial charge is 0.338 e. The molecule has 0 aromatic heterocycles. The second kappa shape index (κ2) is 16.4. The van der Waals surface area contributed by atoms with Crippen molar-refractivity contribution in [1.82, 2.24) is 0 Å². The van der Waals surface area contributed by atoms with E-state index in [1.165, 1.54) is 26.8 Å². The van der Waals surface area contributed by atoms with Crippen molar-refractivity contribution in [2.45, 2.75) is 154 Å². The van der Waals surface area contributed by atoms with Crippen LogP contribution in [0.2, 0.25) is 0 Å². The van der Waals surface area contributed by atoms with Gasteiger partial charge >= 0.3 is 29.8 Å². The number of hydrogen-bond acceptors (Lipinski definition) is 13. The van der Waals surface area contributed by atoms with Gasteiger partial charge in [0.05, 0.1) is 12.0 Å². The highest BCUT2D eigenvalue weighted by Crippen LogP contribution is 2.54. The maximum absolute atomic E-state index is 13.3. The van der Waals surface area contributed by atoms with Gasteiger partial charge in [0.1, 0.15) is 17.8 Å². The van der Waals surface area contributed by atoms with Crippen LogP contribution in [0.1, 0.15) is 107 Å². The number of aliphatic carboxylic acids is 1. The molecule has 0 aromatic rings. The standard InChI is InChI=1S/C34H52O14/c1-9-14-23(37)45-22-17-32(7,48-20(6)35)26-25(29(39)34(22,44)33(8,43)31(41)42)19(5)27(47-30(40)18(4)10-2)28(26)46-24(38)16-13-12-15-21(36)11-3/h10,21-22,26-29,36,39,43-44H,9,11-17H2,1-8H3,(H,41,42)/b18-10-/t21-,22-,26+,27-,28-,29-,32-,33+,34+/m0/s1. The molecule has 0 saturated heterocycles. The van der Waals surface area contributed by atoms with Crippen molar-refractivity contribution in [3.63, 3.8) is 0 Å². The molecule has 0 aromatic carbocycles. The zero-order valence-corrected chi connectivity index (χ0v) is 29.1. The van der Waals surface area contributed by atoms with Gasteiger partial charge in [0.25, 0.3) is 0 Å². The van der Waals surface area contributed by atoms with Crippen LogP contribution in [0.5, 0.6) is 0 Å². The zero-order chi connectivity index (χ0) is 36.8. The lowest BCUT2D eigenvalue weighted by molar-refractivity contribution is -0.247. The molecule has 5 N–H and O–H groups in total. The summed E-state index contributed by atoms with van der Waals surface area (Å²) in [6.07, 6.45) is -5.02. The number of ether oxygens (including phenoxy) is 4. The molecule has 0 bridgehead atoms. The topological polar surface area (TPSA) is 223 Å². The maximum Gasteiger partial charge on any atom is 0.338 e. The third-order valence-corrected chi connectivity index (χ3v) is 9.49. The molecule has 0 spiro atoms. The van der Waals surface area contributed by atoms with E-state index in [4.69, 9.17) is 18.9 Å². The SMILES string of the molecule is C/C=C(/C)C(=O)O[C@H]1C(C)=C2[C@H]([C@@H]1OC(=O)CCCC[C@@H](O)CC)[C@@](C)(OC(C)=O)C[C@H](OC(=O)CCC)[C@](O)([C@](C)(O)C(=O)O)[C@H]2O. The summed E-state index contributed by atoms with van der Waals surface area (Å²) in [5.74, 6) is -6.66. The van der Waals surface area contributed by atoms with E-state index >= 15 is 0 Å². The average molecular weight is 685 g/mol. The average Bonchev–Trinajstić information content (AvgIpc) is 3.23. The molecule has 1 saturated carbocycles. The number of carboxylic acid groups (broad SMARTS) is 1. The van der Waals surface area contributed by atoms with Gasteiger partial charge in [-0.15, -0.1) is 0 Å². The molecule has 272 valence electrons. The first-order valence-electron chi connectivity index (χ1n) is 16.4. The van der Waals surface area contributed by atoms with Crippen LogP contribution in [0.3, 0.4) is 0 Å². The van der Waals surface area contributed by atoms with Gasteiger partial charge in [0.2, 0.25) is 0 Å². The van der Waals surface area contributed by atoms with Crippen LogP contribution >= 0.6 is 0 Å². The fourth-order valence-corrected chi connectivity index (χ4v) is 6.55. The largest absolute Gasteiger partial charge is 0.479 e. The second-order valence-electron chi connectivity index (χ2n) is 13.1. The Balaban J connectivity index is 2.84. The molecular weight excluding hydrogens is 632 g/mol. The molecule has 2 aliphatic carbocycles. The molecule has 2 aliphatic rings. The molecule has 1 fully saturated rings. The van der Waals surface area contributed by atoms with Gasteiger partial charge in [0, 0.05) is 31.8 Å². The summed E-state index contributed by atoms with van der Waals surface area (Å²) in [6, 6.07) is 0. The maximum atomic E-state index is 13.3. The highest BCUT2D eigenvalue weighted by atomic mass is 16.6. The molecule has 0 amide bonds. The molecule has 48 heavy (non-hydrogen) atoms. The summed E-state index contributed by atoms with van der Waals surface area (Å²) in [7, 11) is 0. The predicted molar refractivity (Wildman–Crippen MR) is 169 cm³/mol. The van der Waals surface area contributed by atoms with Gasteiger partial charge in [-0.2, -0.15) is 0 Å². The quantitative estimate of drug-likeness (QED) is 0.0550. The van der Waals surface area contributed by atoms with E-state index < -0.39 is 89.5 Å². The monoisotopic (exact) mass is 684 g/mol. The van der Waals surface area contributed by atoms with Crippen molar-refractivity contribution in [3.8, 4) is 0 Å². The molecule has 0 unspecified atom stereocenters. The first-order chi connectivity index (χ1) is 22.2. The molecule has 0 radical (unpaired) electrons. The van der Waals surface area contributed by atoms with Crippen LogP contribution in [0.15, 0.2) is 22.8 Å². The van der Waals surface area contributed by atoms with Gasteiger partial charge in [0.15, 0.2) is 23.4 Å². The van der Waals surface area contributed by atoms with E-state index in [-0.39, 0.29) is 29.6 Å². The number of aliphatic hydroxyl groups excluding tert-OH is 2. The highest BCUT2D eigenvalue weighted by Gasteiger charge is 2.71. The number of carbonyl (C=O) groups is 5. The van der Waals surface area contributed by atoms with Gasteiger partial charge in [-0.25, -0.2) is 9.59 Å². The number of fused-ring (bicyclic) bond motifs is 1. The highest BCUT2D eigenvalue weighted by molar-refractivity contribution is 5.88. The first-order valence-corrected chi connectivity index (χ1v) is 16.4. The minimum atomic E-state index is -3.17. The minimum absolute atomic E-state index is 0.0344. The summed E-state index contributed by atoms with van der Waals surface area (Å²) >= 11 is 0. The fourth-order valence-electron chi connectivity index (χ4n) is 6.55. The van der Waals surface area contributed by atoms with Crippen molar-refractivity contribution in [2.75, 3.05) is 0 Å². The molecule has 2 rings (SSSR count). The number of carbonyl (C=O) groups excluding carboxylic acids is 4. The summed E-state index contributed by atoms with van der Waals surface area (Å²) in [4.78, 5) is 64.2. The molecular formula is C34H52O14. The Kier molecular flexibility index (Phi) is 13.9. The van der Waals surface area contributed by atoms with Crippen molar-refractivity contribution >= 4 is 29.8 Å². The number of carboxylic acids is 1. The summed E-state index contributed by atoms with van der Waals surface area (Å²) < 4.78 is 23.1. The van der Waals surface area contributed by atoms with Crippen molar-refractivity contribution in [2.24, 2.45) is 5.92 Å². The van der Waals surface area contributed by atoms with Crippen LogP contribution in [0.4, 0.5) is 0 Å².